The van der Waals surface area contributed by atoms with Gasteiger partial charge >= 0.3 is 0 Å². The number of halogens is 1. The highest BCUT2D eigenvalue weighted by atomic mass is 79.9. The molecule has 1 N–H and O–H groups in total. The van der Waals surface area contributed by atoms with Crippen LogP contribution in [0.15, 0.2) is 34.1 Å². The van der Waals surface area contributed by atoms with Crippen molar-refractivity contribution >= 4 is 33.2 Å². The summed E-state index contributed by atoms with van der Waals surface area (Å²) in [5.74, 6) is 0.796. The van der Waals surface area contributed by atoms with E-state index in [1.165, 1.54) is 7.11 Å². The van der Waals surface area contributed by atoms with Gasteiger partial charge in [0.15, 0.2) is 11.5 Å². The van der Waals surface area contributed by atoms with Crippen LogP contribution in [0.25, 0.3) is 0 Å². The van der Waals surface area contributed by atoms with E-state index in [1.54, 1.807) is 36.6 Å². The molecule has 0 saturated heterocycles. The Balaban J connectivity index is 2.12. The highest BCUT2D eigenvalue weighted by Crippen LogP contribution is 2.30. The molecule has 0 spiro atoms. The average molecular weight is 356 g/mol. The molecule has 1 aromatic heterocycles. The lowest BCUT2D eigenvalue weighted by molar-refractivity contribution is 0.0947. The molecule has 0 aliphatic carbocycles. The second kappa shape index (κ2) is 6.76. The predicted molar refractivity (Wildman–Crippen MR) is 82.7 cm³/mol. The molecule has 0 radical (unpaired) electrons. The van der Waals surface area contributed by atoms with Crippen molar-refractivity contribution in [2.45, 2.75) is 6.54 Å². The fourth-order valence-electron chi connectivity index (χ4n) is 1.78. The second-order valence-corrected chi connectivity index (χ2v) is 6.48. The molecule has 6 heteroatoms. The maximum absolute atomic E-state index is 12.2. The number of benzene rings is 1. The van der Waals surface area contributed by atoms with Crippen molar-refractivity contribution in [2.24, 2.45) is 0 Å². The van der Waals surface area contributed by atoms with Crippen LogP contribution >= 0.6 is 27.3 Å². The topological polar surface area (TPSA) is 47.6 Å². The Bertz CT molecular complexity index is 612. The van der Waals surface area contributed by atoms with E-state index < -0.39 is 0 Å². The minimum absolute atomic E-state index is 0.190. The van der Waals surface area contributed by atoms with Crippen molar-refractivity contribution in [3.63, 3.8) is 0 Å². The summed E-state index contributed by atoms with van der Waals surface area (Å²) in [6, 6.07) is 9.15. The lowest BCUT2D eigenvalue weighted by Gasteiger charge is -2.12. The molecule has 0 atom stereocenters. The largest absolute Gasteiger partial charge is 0.493 e. The highest BCUT2D eigenvalue weighted by Gasteiger charge is 2.16. The van der Waals surface area contributed by atoms with Gasteiger partial charge in [-0.25, -0.2) is 0 Å². The predicted octanol–water partition coefficient (Wildman–Crippen LogP) is 3.46. The number of carbonyl (C=O) groups excluding carboxylic acids is 1. The standard InChI is InChI=1S/C14H14BrNO3S/c1-18-11-5-3-4-10(13(11)19-2)14(17)16-8-9-6-7-12(15)20-9/h3-7H,8H2,1-2H3,(H,16,17). The molecule has 20 heavy (non-hydrogen) atoms. The molecule has 0 fully saturated rings. The molecular formula is C14H14BrNO3S. The number of hydrogen-bond donors (Lipinski definition) is 1. The first-order chi connectivity index (χ1) is 9.65. The van der Waals surface area contributed by atoms with Crippen LogP contribution in [-0.4, -0.2) is 20.1 Å². The van der Waals surface area contributed by atoms with E-state index in [4.69, 9.17) is 9.47 Å². The number of ether oxygens (including phenoxy) is 2. The highest BCUT2D eigenvalue weighted by molar-refractivity contribution is 9.11. The van der Waals surface area contributed by atoms with Gasteiger partial charge in [-0.05, 0) is 40.2 Å². The van der Waals surface area contributed by atoms with Crippen LogP contribution in [0.2, 0.25) is 0 Å². The van der Waals surface area contributed by atoms with E-state index >= 15 is 0 Å². The summed E-state index contributed by atoms with van der Waals surface area (Å²) in [5, 5.41) is 2.87. The molecule has 2 aromatic rings. The SMILES string of the molecule is COc1cccc(C(=O)NCc2ccc(Br)s2)c1OC. The maximum Gasteiger partial charge on any atom is 0.255 e. The van der Waals surface area contributed by atoms with Gasteiger partial charge in [0.05, 0.1) is 30.1 Å². The maximum atomic E-state index is 12.2. The minimum Gasteiger partial charge on any atom is -0.493 e. The molecular weight excluding hydrogens is 342 g/mol. The number of methoxy groups -OCH3 is 2. The van der Waals surface area contributed by atoms with Gasteiger partial charge in [0.1, 0.15) is 0 Å². The number of hydrogen-bond acceptors (Lipinski definition) is 4. The van der Waals surface area contributed by atoms with Crippen molar-refractivity contribution in [1.29, 1.82) is 0 Å². The summed E-state index contributed by atoms with van der Waals surface area (Å²) in [7, 11) is 3.06. The third kappa shape index (κ3) is 3.32. The van der Waals surface area contributed by atoms with E-state index in [2.05, 4.69) is 21.2 Å². The van der Waals surface area contributed by atoms with Gasteiger partial charge in [0.2, 0.25) is 0 Å². The van der Waals surface area contributed by atoms with Crippen LogP contribution in [0.5, 0.6) is 11.5 Å². The van der Waals surface area contributed by atoms with Gasteiger partial charge in [0, 0.05) is 4.88 Å². The second-order valence-electron chi connectivity index (χ2n) is 3.93. The quantitative estimate of drug-likeness (QED) is 0.893. The number of thiophene rings is 1. The summed E-state index contributed by atoms with van der Waals surface area (Å²) in [4.78, 5) is 13.3. The van der Waals surface area contributed by atoms with Gasteiger partial charge in [-0.15, -0.1) is 11.3 Å². The van der Waals surface area contributed by atoms with Crippen LogP contribution in [0.1, 0.15) is 15.2 Å². The fraction of sp³-hybridized carbons (Fsp3) is 0.214. The molecule has 0 aliphatic heterocycles. The monoisotopic (exact) mass is 355 g/mol. The lowest BCUT2D eigenvalue weighted by atomic mass is 10.1. The van der Waals surface area contributed by atoms with Gasteiger partial charge in [-0.1, -0.05) is 6.07 Å². The molecule has 106 valence electrons. The van der Waals surface area contributed by atoms with Gasteiger partial charge in [0.25, 0.3) is 5.91 Å². The summed E-state index contributed by atoms with van der Waals surface area (Å²) >= 11 is 4.98. The molecule has 1 heterocycles. The Morgan fingerprint density at radius 2 is 2.05 bits per heavy atom. The van der Waals surface area contributed by atoms with Crippen molar-refractivity contribution in [1.82, 2.24) is 5.32 Å². The summed E-state index contributed by atoms with van der Waals surface area (Å²) in [6.45, 7) is 0.482. The molecule has 4 nitrogen and oxygen atoms in total. The van der Waals surface area contributed by atoms with Crippen LogP contribution < -0.4 is 14.8 Å². The van der Waals surface area contributed by atoms with E-state index in [0.717, 1.165) is 8.66 Å². The molecule has 2 rings (SSSR count). The molecule has 1 amide bonds. The number of amides is 1. The van der Waals surface area contributed by atoms with Crippen molar-refractivity contribution in [2.75, 3.05) is 14.2 Å². The van der Waals surface area contributed by atoms with Gasteiger partial charge < -0.3 is 14.8 Å². The Morgan fingerprint density at radius 3 is 2.65 bits per heavy atom. The molecule has 0 aliphatic rings. The first kappa shape index (κ1) is 14.9. The minimum atomic E-state index is -0.190. The summed E-state index contributed by atoms with van der Waals surface area (Å²) in [5.41, 5.74) is 0.461. The third-order valence-corrected chi connectivity index (χ3v) is 4.32. The summed E-state index contributed by atoms with van der Waals surface area (Å²) in [6.07, 6.45) is 0. The van der Waals surface area contributed by atoms with Crippen LogP contribution in [0.3, 0.4) is 0 Å². The Hall–Kier alpha value is -1.53. The molecule has 0 saturated carbocycles. The van der Waals surface area contributed by atoms with Crippen molar-refractivity contribution < 1.29 is 14.3 Å². The number of carbonyl (C=O) groups is 1. The van der Waals surface area contributed by atoms with Crippen molar-refractivity contribution in [3.8, 4) is 11.5 Å². The zero-order valence-corrected chi connectivity index (χ0v) is 13.5. The summed E-state index contributed by atoms with van der Waals surface area (Å²) < 4.78 is 11.5. The van der Waals surface area contributed by atoms with Gasteiger partial charge in [-0.2, -0.15) is 0 Å². The number of rotatable bonds is 5. The number of para-hydroxylation sites is 1. The molecule has 0 bridgehead atoms. The number of nitrogens with one attached hydrogen (secondary N) is 1. The van der Waals surface area contributed by atoms with Crippen LogP contribution in [-0.2, 0) is 6.54 Å². The smallest absolute Gasteiger partial charge is 0.255 e. The van der Waals surface area contributed by atoms with Crippen molar-refractivity contribution in [3.05, 3.63) is 44.6 Å². The zero-order chi connectivity index (χ0) is 14.5. The Morgan fingerprint density at radius 1 is 1.25 bits per heavy atom. The first-order valence-electron chi connectivity index (χ1n) is 5.89. The third-order valence-electron chi connectivity index (χ3n) is 2.70. The zero-order valence-electron chi connectivity index (χ0n) is 11.1. The van der Waals surface area contributed by atoms with Crippen LogP contribution in [0, 0.1) is 0 Å². The molecule has 0 unspecified atom stereocenters. The van der Waals surface area contributed by atoms with E-state index in [0.29, 0.717) is 23.6 Å². The average Bonchev–Trinajstić information content (AvgIpc) is 2.89. The Labute approximate surface area is 129 Å². The van der Waals surface area contributed by atoms with Crippen LogP contribution in [0.4, 0.5) is 0 Å². The lowest BCUT2D eigenvalue weighted by Crippen LogP contribution is -2.23. The first-order valence-corrected chi connectivity index (χ1v) is 7.50. The Kier molecular flexibility index (Phi) is 5.03. The van der Waals surface area contributed by atoms with E-state index in [9.17, 15) is 4.79 Å². The molecule has 1 aromatic carbocycles. The van der Waals surface area contributed by atoms with E-state index in [1.807, 2.05) is 12.1 Å². The fourth-order valence-corrected chi connectivity index (χ4v) is 3.20. The normalized spacial score (nSPS) is 10.2. The van der Waals surface area contributed by atoms with Gasteiger partial charge in [-0.3, -0.25) is 4.79 Å². The van der Waals surface area contributed by atoms with E-state index in [-0.39, 0.29) is 5.91 Å².